The summed E-state index contributed by atoms with van der Waals surface area (Å²) < 4.78 is 0. The van der Waals surface area contributed by atoms with Gasteiger partial charge in [-0.15, -0.1) is 11.3 Å². The first-order valence-corrected chi connectivity index (χ1v) is 11.8. The summed E-state index contributed by atoms with van der Waals surface area (Å²) in [5.41, 5.74) is 1.43. The van der Waals surface area contributed by atoms with Gasteiger partial charge in [0.15, 0.2) is 0 Å². The second-order valence-corrected chi connectivity index (χ2v) is 11.2. The van der Waals surface area contributed by atoms with Crippen LogP contribution in [0.4, 0.5) is 0 Å². The maximum absolute atomic E-state index is 13.0. The first-order valence-electron chi connectivity index (χ1n) is 11.0. The van der Waals surface area contributed by atoms with Crippen LogP contribution in [-0.2, 0) is 17.6 Å². The van der Waals surface area contributed by atoms with Crippen molar-refractivity contribution >= 4 is 23.2 Å². The van der Waals surface area contributed by atoms with Crippen LogP contribution in [0.5, 0.6) is 0 Å². The van der Waals surface area contributed by atoms with Gasteiger partial charge in [-0.1, -0.05) is 20.8 Å². The number of hydrogen-bond donors (Lipinski definition) is 1. The molecule has 2 amide bonds. The van der Waals surface area contributed by atoms with Crippen LogP contribution in [0.25, 0.3) is 0 Å². The Bertz CT molecular complexity index is 732. The fourth-order valence-corrected chi connectivity index (χ4v) is 5.87. The number of aryl methyl sites for hydroxylation is 1. The van der Waals surface area contributed by atoms with Crippen molar-refractivity contribution in [3.63, 3.8) is 0 Å². The predicted octanol–water partition coefficient (Wildman–Crippen LogP) is 3.43. The van der Waals surface area contributed by atoms with E-state index in [0.29, 0.717) is 19.6 Å². The molecule has 1 fully saturated rings. The Hall–Kier alpha value is -1.40. The standard InChI is InChI=1S/C23H37N3O2S/c1-16-6-7-19-18(12-16)13-20(29-19)22(28)26-10-8-17(9-11-26)21(27)24-14-23(2,3)15-25(4)5/h13,16-17H,6-12,14-15H2,1-5H3,(H,24,27). The number of nitrogens with zero attached hydrogens (tertiary/aromatic N) is 2. The number of carbonyl (C=O) groups is 2. The average Bonchev–Trinajstić information content (AvgIpc) is 3.08. The Labute approximate surface area is 179 Å². The van der Waals surface area contributed by atoms with Crippen LogP contribution in [-0.4, -0.2) is 61.9 Å². The first kappa shape index (κ1) is 22.3. The number of fused-ring (bicyclic) bond motifs is 1. The lowest BCUT2D eigenvalue weighted by Crippen LogP contribution is -2.45. The highest BCUT2D eigenvalue weighted by Gasteiger charge is 2.30. The van der Waals surface area contributed by atoms with Crippen molar-refractivity contribution in [2.45, 2.75) is 52.9 Å². The highest BCUT2D eigenvalue weighted by molar-refractivity contribution is 7.14. The summed E-state index contributed by atoms with van der Waals surface area (Å²) in [5.74, 6) is 1.04. The zero-order valence-corrected chi connectivity index (χ0v) is 19.5. The zero-order valence-electron chi connectivity index (χ0n) is 18.7. The molecule has 1 aromatic heterocycles. The van der Waals surface area contributed by atoms with Gasteiger partial charge in [-0.2, -0.15) is 0 Å². The lowest BCUT2D eigenvalue weighted by molar-refractivity contribution is -0.126. The van der Waals surface area contributed by atoms with Gasteiger partial charge in [0.2, 0.25) is 5.91 Å². The molecule has 1 aliphatic carbocycles. The number of hydrogen-bond acceptors (Lipinski definition) is 4. The van der Waals surface area contributed by atoms with E-state index in [1.54, 1.807) is 11.3 Å². The van der Waals surface area contributed by atoms with Crippen LogP contribution in [0.3, 0.4) is 0 Å². The molecule has 1 aromatic rings. The molecule has 0 aromatic carbocycles. The van der Waals surface area contributed by atoms with Gasteiger partial charge < -0.3 is 15.1 Å². The molecule has 1 N–H and O–H groups in total. The monoisotopic (exact) mass is 419 g/mol. The van der Waals surface area contributed by atoms with Crippen LogP contribution in [0.15, 0.2) is 6.07 Å². The minimum absolute atomic E-state index is 0.0200. The van der Waals surface area contributed by atoms with Crippen LogP contribution in [0.1, 0.15) is 60.1 Å². The maximum Gasteiger partial charge on any atom is 0.263 e. The topological polar surface area (TPSA) is 52.7 Å². The van der Waals surface area contributed by atoms with Crippen molar-refractivity contribution < 1.29 is 9.59 Å². The van der Waals surface area contributed by atoms with E-state index in [9.17, 15) is 9.59 Å². The van der Waals surface area contributed by atoms with E-state index in [0.717, 1.165) is 43.0 Å². The van der Waals surface area contributed by atoms with Crippen molar-refractivity contribution in [3.05, 3.63) is 21.4 Å². The molecular formula is C23H37N3O2S. The average molecular weight is 420 g/mol. The number of amides is 2. The number of nitrogens with one attached hydrogen (secondary N) is 1. The Morgan fingerprint density at radius 2 is 1.93 bits per heavy atom. The number of likely N-dealkylation sites (tertiary alicyclic amines) is 1. The van der Waals surface area contributed by atoms with Gasteiger partial charge in [-0.3, -0.25) is 9.59 Å². The molecule has 1 unspecified atom stereocenters. The fraction of sp³-hybridized carbons (Fsp3) is 0.739. The number of thiophene rings is 1. The van der Waals surface area contributed by atoms with E-state index in [1.165, 1.54) is 16.9 Å². The lowest BCUT2D eigenvalue weighted by atomic mass is 9.90. The second-order valence-electron chi connectivity index (χ2n) is 10.1. The van der Waals surface area contributed by atoms with Crippen molar-refractivity contribution in [2.75, 3.05) is 40.3 Å². The van der Waals surface area contributed by atoms with E-state index in [-0.39, 0.29) is 23.1 Å². The van der Waals surface area contributed by atoms with E-state index in [4.69, 9.17) is 0 Å². The summed E-state index contributed by atoms with van der Waals surface area (Å²) in [5, 5.41) is 3.14. The molecule has 3 rings (SSSR count). The molecule has 2 aliphatic rings. The molecule has 0 bridgehead atoms. The van der Waals surface area contributed by atoms with Gasteiger partial charge in [0, 0.05) is 37.0 Å². The van der Waals surface area contributed by atoms with Crippen LogP contribution in [0, 0.1) is 17.3 Å². The molecule has 162 valence electrons. The molecule has 1 aliphatic heterocycles. The normalized spacial score (nSPS) is 20.6. The number of piperidine rings is 1. The van der Waals surface area contributed by atoms with Gasteiger partial charge in [0.05, 0.1) is 4.88 Å². The molecule has 5 nitrogen and oxygen atoms in total. The second kappa shape index (κ2) is 9.17. The molecule has 0 radical (unpaired) electrons. The van der Waals surface area contributed by atoms with Crippen molar-refractivity contribution in [2.24, 2.45) is 17.3 Å². The largest absolute Gasteiger partial charge is 0.355 e. The van der Waals surface area contributed by atoms with Crippen molar-refractivity contribution in [3.8, 4) is 0 Å². The Morgan fingerprint density at radius 3 is 2.59 bits per heavy atom. The predicted molar refractivity (Wildman–Crippen MR) is 119 cm³/mol. The third-order valence-corrected chi connectivity index (χ3v) is 7.40. The summed E-state index contributed by atoms with van der Waals surface area (Å²) in [7, 11) is 4.11. The smallest absolute Gasteiger partial charge is 0.263 e. The van der Waals surface area contributed by atoms with Gasteiger partial charge in [-0.25, -0.2) is 0 Å². The molecule has 1 atom stereocenters. The minimum atomic E-state index is 0.0200. The highest BCUT2D eigenvalue weighted by atomic mass is 32.1. The molecular weight excluding hydrogens is 382 g/mol. The van der Waals surface area contributed by atoms with Gasteiger partial charge >= 0.3 is 0 Å². The Kier molecular flexibility index (Phi) is 7.05. The van der Waals surface area contributed by atoms with Crippen LogP contribution >= 0.6 is 11.3 Å². The van der Waals surface area contributed by atoms with E-state index in [2.05, 4.69) is 51.1 Å². The minimum Gasteiger partial charge on any atom is -0.355 e. The summed E-state index contributed by atoms with van der Waals surface area (Å²) in [6.07, 6.45) is 4.96. The molecule has 2 heterocycles. The van der Waals surface area contributed by atoms with Gasteiger partial charge in [0.1, 0.15) is 0 Å². The molecule has 29 heavy (non-hydrogen) atoms. The Balaban J connectivity index is 1.49. The van der Waals surface area contributed by atoms with E-state index < -0.39 is 0 Å². The third-order valence-electron chi connectivity index (χ3n) is 6.18. The number of rotatable bonds is 6. The van der Waals surface area contributed by atoms with E-state index in [1.807, 2.05) is 4.90 Å². The lowest BCUT2D eigenvalue weighted by Gasteiger charge is -2.33. The summed E-state index contributed by atoms with van der Waals surface area (Å²) >= 11 is 1.69. The van der Waals surface area contributed by atoms with Gasteiger partial charge in [0.25, 0.3) is 5.91 Å². The Morgan fingerprint density at radius 1 is 1.24 bits per heavy atom. The number of carbonyl (C=O) groups excluding carboxylic acids is 2. The SMILES string of the molecule is CC1CCc2sc(C(=O)N3CCC(C(=O)NCC(C)(C)CN(C)C)CC3)cc2C1. The third kappa shape index (κ3) is 5.82. The quantitative estimate of drug-likeness (QED) is 0.769. The first-order chi connectivity index (χ1) is 13.6. The molecule has 6 heteroatoms. The highest BCUT2D eigenvalue weighted by Crippen LogP contribution is 2.33. The summed E-state index contributed by atoms with van der Waals surface area (Å²) in [6.45, 7) is 9.62. The van der Waals surface area contributed by atoms with Crippen molar-refractivity contribution in [1.82, 2.24) is 15.1 Å². The maximum atomic E-state index is 13.0. The van der Waals surface area contributed by atoms with Crippen LogP contribution < -0.4 is 5.32 Å². The molecule has 0 saturated carbocycles. The van der Waals surface area contributed by atoms with Gasteiger partial charge in [-0.05, 0) is 69.2 Å². The van der Waals surface area contributed by atoms with E-state index >= 15 is 0 Å². The summed E-state index contributed by atoms with van der Waals surface area (Å²) in [6, 6.07) is 2.13. The molecule has 0 spiro atoms. The summed E-state index contributed by atoms with van der Waals surface area (Å²) in [4.78, 5) is 32.0. The molecule has 1 saturated heterocycles. The van der Waals surface area contributed by atoms with Crippen LogP contribution in [0.2, 0.25) is 0 Å². The zero-order chi connectivity index (χ0) is 21.2. The fourth-order valence-electron chi connectivity index (χ4n) is 4.69. The van der Waals surface area contributed by atoms with Crippen molar-refractivity contribution in [1.29, 1.82) is 0 Å².